The molecule has 0 aliphatic carbocycles. The zero-order valence-electron chi connectivity index (χ0n) is 54.8. The van der Waals surface area contributed by atoms with Crippen LogP contribution in [-0.4, -0.2) is 127 Å². The summed E-state index contributed by atoms with van der Waals surface area (Å²) < 4.78 is 58.0. The van der Waals surface area contributed by atoms with Crippen LogP contribution >= 0.6 is 0 Å². The molecule has 2 aliphatic heterocycles. The fourth-order valence-electron chi connectivity index (χ4n) is 10.7. The van der Waals surface area contributed by atoms with Crippen LogP contribution in [0.15, 0.2) is 97.1 Å². The summed E-state index contributed by atoms with van der Waals surface area (Å²) in [6, 6.07) is 25.8. The van der Waals surface area contributed by atoms with Gasteiger partial charge in [0.1, 0.15) is 35.9 Å². The van der Waals surface area contributed by atoms with Crippen LogP contribution < -0.4 is 9.47 Å². The monoisotopic (exact) mass is 1220 g/mol. The van der Waals surface area contributed by atoms with Crippen LogP contribution in [0.5, 0.6) is 11.5 Å². The number of hydrogen-bond donors (Lipinski definition) is 2. The lowest BCUT2D eigenvalue weighted by molar-refractivity contribution is -0.153. The van der Waals surface area contributed by atoms with E-state index >= 15 is 0 Å². The quantitative estimate of drug-likeness (QED) is 0.0205. The van der Waals surface area contributed by atoms with Gasteiger partial charge in [0.15, 0.2) is 11.6 Å². The van der Waals surface area contributed by atoms with E-state index < -0.39 is 52.1 Å². The number of aryl methyl sites for hydroxylation is 6. The summed E-state index contributed by atoms with van der Waals surface area (Å²) in [6.45, 7) is 32.3. The van der Waals surface area contributed by atoms with Crippen LogP contribution in [0.2, 0.25) is 51.4 Å². The highest BCUT2D eigenvalue weighted by atomic mass is 28.3. The van der Waals surface area contributed by atoms with E-state index in [-0.39, 0.29) is 24.1 Å². The Morgan fingerprint density at radius 1 is 0.547 bits per heavy atom. The third kappa shape index (κ3) is 24.9. The normalized spacial score (nSPS) is 19.1. The first kappa shape index (κ1) is 71.8. The molecule has 2 aliphatic rings. The maximum atomic E-state index is 13.1. The molecule has 4 unspecified atom stereocenters. The third-order valence-electron chi connectivity index (χ3n) is 15.1. The van der Waals surface area contributed by atoms with E-state index in [2.05, 4.69) is 65.3 Å². The van der Waals surface area contributed by atoms with Gasteiger partial charge in [-0.05, 0) is 176 Å². The van der Waals surface area contributed by atoms with Crippen LogP contribution in [0.1, 0.15) is 131 Å². The molecule has 14 nitrogen and oxygen atoms in total. The van der Waals surface area contributed by atoms with Crippen LogP contribution in [0.4, 0.5) is 0 Å². The maximum Gasteiger partial charge on any atom is 0.338 e. The molecule has 2 heterocycles. The Labute approximate surface area is 517 Å². The fourth-order valence-corrected chi connectivity index (χ4v) is 12.1. The molecule has 2 fully saturated rings. The number of esters is 2. The molecular formula is C70H104O14Si2. The standard InChI is InChI=1S/2C35H52O7Si/c2*1-25-22-26(2)32(34(37)40-20-21-43(6,7)8)28(23-25)12-11-14-31-33(42-35(3,4)41-31)30(36)13-9-10-19-39-24-27-15-17-29(38-5)18-16-27/h2*9,13,15-18,22-23,30-31,33,36H,10-12,14,19-21,24H2,1-8H3/b2*13-9-/t2*30?,31-,33?/m00/s1. The molecule has 4 aromatic carbocycles. The molecule has 86 heavy (non-hydrogen) atoms. The lowest BCUT2D eigenvalue weighted by Crippen LogP contribution is -2.34. The fraction of sp³-hybridized carbons (Fsp3) is 0.571. The molecule has 476 valence electrons. The first-order valence-electron chi connectivity index (χ1n) is 30.9. The Morgan fingerprint density at radius 3 is 1.24 bits per heavy atom. The second-order valence-corrected chi connectivity index (χ2v) is 37.6. The van der Waals surface area contributed by atoms with Crippen molar-refractivity contribution in [3.05, 3.63) is 153 Å². The zero-order valence-corrected chi connectivity index (χ0v) is 56.8. The minimum atomic E-state index is -1.29. The van der Waals surface area contributed by atoms with Crippen molar-refractivity contribution in [2.45, 2.75) is 220 Å². The van der Waals surface area contributed by atoms with Crippen LogP contribution in [-0.2, 0) is 64.0 Å². The van der Waals surface area contributed by atoms with E-state index in [1.165, 1.54) is 0 Å². The molecule has 0 saturated carbocycles. The highest BCUT2D eigenvalue weighted by Crippen LogP contribution is 2.35. The molecule has 0 aromatic heterocycles. The van der Waals surface area contributed by atoms with Gasteiger partial charge in [-0.1, -0.05) is 123 Å². The van der Waals surface area contributed by atoms with Gasteiger partial charge in [-0.3, -0.25) is 0 Å². The summed E-state index contributed by atoms with van der Waals surface area (Å²) >= 11 is 0. The van der Waals surface area contributed by atoms with E-state index in [0.717, 1.165) is 80.9 Å². The summed E-state index contributed by atoms with van der Waals surface area (Å²) in [5.74, 6) is -0.392. The van der Waals surface area contributed by atoms with Gasteiger partial charge in [-0.25, -0.2) is 9.59 Å². The minimum absolute atomic E-state index is 0.237. The van der Waals surface area contributed by atoms with Crippen molar-refractivity contribution in [3.8, 4) is 11.5 Å². The Morgan fingerprint density at radius 2 is 0.907 bits per heavy atom. The largest absolute Gasteiger partial charge is 0.497 e. The number of rotatable bonds is 32. The number of benzene rings is 4. The number of ether oxygens (including phenoxy) is 10. The summed E-state index contributed by atoms with van der Waals surface area (Å²) in [4.78, 5) is 26.2. The number of carbonyl (C=O) groups excluding carboxylic acids is 2. The van der Waals surface area contributed by atoms with Crippen molar-refractivity contribution < 1.29 is 67.2 Å². The van der Waals surface area contributed by atoms with Gasteiger partial charge < -0.3 is 57.6 Å². The number of hydrogen-bond acceptors (Lipinski definition) is 14. The second kappa shape index (κ2) is 34.1. The third-order valence-corrected chi connectivity index (χ3v) is 18.5. The number of aliphatic hydroxyl groups excluding tert-OH is 2. The molecular weight excluding hydrogens is 1120 g/mol. The van der Waals surface area contributed by atoms with E-state index in [1.807, 2.05) is 114 Å². The Balaban J connectivity index is 0.000000314. The SMILES string of the molecule is COc1ccc(COCC/C=C\C(O)C2OC(C)(C)O[C@H]2CCCc2cc(C)cc(C)c2C(=O)OCC[Si](C)(C)C)cc1.COc1ccc(COCC/C=C\C(O)C2OC(C)(C)O[C@H]2CCCc2cc(C)cc(C)c2C(=O)OCC[Si](C)(C)C)cc1. The van der Waals surface area contributed by atoms with Gasteiger partial charge >= 0.3 is 11.9 Å². The predicted molar refractivity (Wildman–Crippen MR) is 347 cm³/mol. The molecule has 2 N–H and O–H groups in total. The summed E-state index contributed by atoms with van der Waals surface area (Å²) in [7, 11) is 0.711. The number of methoxy groups -OCH3 is 2. The molecule has 0 amide bonds. The first-order chi connectivity index (χ1) is 40.6. The van der Waals surface area contributed by atoms with Crippen LogP contribution in [0.25, 0.3) is 0 Å². The van der Waals surface area contributed by atoms with Gasteiger partial charge in [-0.15, -0.1) is 0 Å². The Hall–Kier alpha value is -4.99. The lowest BCUT2D eigenvalue weighted by atomic mass is 9.93. The van der Waals surface area contributed by atoms with Crippen molar-refractivity contribution in [1.82, 2.24) is 0 Å². The molecule has 0 bridgehead atoms. The van der Waals surface area contributed by atoms with E-state index in [1.54, 1.807) is 26.4 Å². The zero-order chi connectivity index (χ0) is 63.2. The van der Waals surface area contributed by atoms with Crippen molar-refractivity contribution in [2.24, 2.45) is 0 Å². The molecule has 16 heteroatoms. The molecule has 6 atom stereocenters. The topological polar surface area (TPSA) is 167 Å². The Kier molecular flexibility index (Phi) is 28.5. The highest BCUT2D eigenvalue weighted by molar-refractivity contribution is 6.76. The predicted octanol–water partition coefficient (Wildman–Crippen LogP) is 14.3. The van der Waals surface area contributed by atoms with E-state index in [4.69, 9.17) is 47.4 Å². The first-order valence-corrected chi connectivity index (χ1v) is 38.3. The van der Waals surface area contributed by atoms with Crippen LogP contribution in [0, 0.1) is 27.7 Å². The Bertz CT molecular complexity index is 2590. The minimum Gasteiger partial charge on any atom is -0.497 e. The summed E-state index contributed by atoms with van der Waals surface area (Å²) in [6.07, 6.45) is 10.1. The van der Waals surface area contributed by atoms with E-state index in [0.29, 0.717) is 89.3 Å². The number of carbonyl (C=O) groups is 2. The van der Waals surface area contributed by atoms with Crippen molar-refractivity contribution >= 4 is 28.1 Å². The molecule has 6 rings (SSSR count). The average Bonchev–Trinajstić information content (AvgIpc) is 2.15. The average molecular weight is 1230 g/mol. The van der Waals surface area contributed by atoms with E-state index in [9.17, 15) is 19.8 Å². The summed E-state index contributed by atoms with van der Waals surface area (Å²) in [5.41, 5.74) is 9.66. The maximum absolute atomic E-state index is 13.1. The van der Waals surface area contributed by atoms with Crippen molar-refractivity contribution in [3.63, 3.8) is 0 Å². The van der Waals surface area contributed by atoms with Gasteiger partial charge in [0.05, 0.1) is 77.2 Å². The smallest absolute Gasteiger partial charge is 0.338 e. The molecule has 2 saturated heterocycles. The van der Waals surface area contributed by atoms with Gasteiger partial charge in [0, 0.05) is 16.1 Å². The molecule has 0 radical (unpaired) electrons. The molecule has 4 aromatic rings. The van der Waals surface area contributed by atoms with Gasteiger partial charge in [-0.2, -0.15) is 0 Å². The molecule has 0 spiro atoms. The van der Waals surface area contributed by atoms with Crippen molar-refractivity contribution in [2.75, 3.05) is 40.6 Å². The van der Waals surface area contributed by atoms with Gasteiger partial charge in [0.25, 0.3) is 0 Å². The lowest BCUT2D eigenvalue weighted by Gasteiger charge is -2.21. The number of aliphatic hydroxyl groups is 2. The van der Waals surface area contributed by atoms with Crippen LogP contribution in [0.3, 0.4) is 0 Å². The highest BCUT2D eigenvalue weighted by Gasteiger charge is 2.45. The van der Waals surface area contributed by atoms with Gasteiger partial charge in [0.2, 0.25) is 0 Å². The summed E-state index contributed by atoms with van der Waals surface area (Å²) in [5, 5.41) is 22.0. The van der Waals surface area contributed by atoms with Crippen molar-refractivity contribution in [1.29, 1.82) is 0 Å². The second-order valence-electron chi connectivity index (χ2n) is 26.4.